The van der Waals surface area contributed by atoms with Gasteiger partial charge in [-0.25, -0.2) is 0 Å². The lowest BCUT2D eigenvalue weighted by Crippen LogP contribution is -2.49. The van der Waals surface area contributed by atoms with E-state index in [0.29, 0.717) is 23.0 Å². The quantitative estimate of drug-likeness (QED) is 0.355. The zero-order valence-electron chi connectivity index (χ0n) is 17.5. The van der Waals surface area contributed by atoms with Crippen LogP contribution in [-0.2, 0) is 16.1 Å². The third-order valence-electron chi connectivity index (χ3n) is 4.48. The summed E-state index contributed by atoms with van der Waals surface area (Å²) in [4.78, 5) is 28.3. The van der Waals surface area contributed by atoms with Gasteiger partial charge >= 0.3 is 0 Å². The van der Waals surface area contributed by atoms with Gasteiger partial charge in [0.25, 0.3) is 0 Å². The summed E-state index contributed by atoms with van der Waals surface area (Å²) in [6.45, 7) is 5.95. The van der Waals surface area contributed by atoms with Gasteiger partial charge in [-0.15, -0.1) is 11.8 Å². The average molecular weight is 467 g/mol. The third kappa shape index (κ3) is 8.21. The van der Waals surface area contributed by atoms with Gasteiger partial charge in [-0.05, 0) is 74.9 Å². The lowest BCUT2D eigenvalue weighted by molar-refractivity contribution is -0.140. The fraction of sp³-hybridized carbons (Fsp3) is 0.391. The Bertz CT molecular complexity index is 826. The molecule has 0 aliphatic carbocycles. The molecular formula is C23H28Cl2N2O2S. The van der Waals surface area contributed by atoms with Crippen molar-refractivity contribution in [2.75, 3.05) is 5.75 Å². The average Bonchev–Trinajstić information content (AvgIpc) is 2.71. The monoisotopic (exact) mass is 466 g/mol. The normalized spacial score (nSPS) is 11.9. The minimum absolute atomic E-state index is 0.0169. The Kier molecular flexibility index (Phi) is 10.0. The molecule has 162 valence electrons. The second-order valence-electron chi connectivity index (χ2n) is 7.39. The predicted octanol–water partition coefficient (Wildman–Crippen LogP) is 5.81. The van der Waals surface area contributed by atoms with Crippen LogP contribution in [-0.4, -0.2) is 34.6 Å². The van der Waals surface area contributed by atoms with E-state index in [1.165, 1.54) is 0 Å². The fourth-order valence-corrected chi connectivity index (χ4v) is 3.97. The summed E-state index contributed by atoms with van der Waals surface area (Å²) < 4.78 is 0. The van der Waals surface area contributed by atoms with Crippen molar-refractivity contribution >= 4 is 46.8 Å². The number of carbonyl (C=O) groups is 2. The molecule has 2 rings (SSSR count). The van der Waals surface area contributed by atoms with E-state index in [4.69, 9.17) is 23.2 Å². The summed E-state index contributed by atoms with van der Waals surface area (Å²) in [6.07, 6.45) is 1.11. The van der Waals surface area contributed by atoms with E-state index >= 15 is 0 Å². The van der Waals surface area contributed by atoms with Crippen molar-refractivity contribution < 1.29 is 9.59 Å². The maximum atomic E-state index is 13.0. The number of nitrogens with zero attached hydrogens (tertiary/aromatic N) is 1. The van der Waals surface area contributed by atoms with Crippen molar-refractivity contribution in [1.29, 1.82) is 0 Å². The van der Waals surface area contributed by atoms with Crippen LogP contribution in [0.4, 0.5) is 0 Å². The highest BCUT2D eigenvalue weighted by Crippen LogP contribution is 2.22. The van der Waals surface area contributed by atoms with Crippen molar-refractivity contribution in [3.63, 3.8) is 0 Å². The van der Waals surface area contributed by atoms with E-state index in [2.05, 4.69) is 5.32 Å². The number of carbonyl (C=O) groups excluding carboxylic acids is 2. The Morgan fingerprint density at radius 2 is 1.53 bits per heavy atom. The van der Waals surface area contributed by atoms with Crippen molar-refractivity contribution in [1.82, 2.24) is 10.2 Å². The van der Waals surface area contributed by atoms with Crippen LogP contribution in [0.5, 0.6) is 0 Å². The summed E-state index contributed by atoms with van der Waals surface area (Å²) >= 11 is 13.6. The molecule has 0 aromatic heterocycles. The van der Waals surface area contributed by atoms with Crippen molar-refractivity contribution in [2.45, 2.75) is 57.1 Å². The molecule has 2 aromatic rings. The SMILES string of the molecule is CC(C)NC(=O)C(C)N(Cc1ccc(Cl)cc1)C(=O)CCCSc1ccc(Cl)cc1. The molecule has 0 heterocycles. The third-order valence-corrected chi connectivity index (χ3v) is 6.08. The highest BCUT2D eigenvalue weighted by molar-refractivity contribution is 7.99. The molecule has 4 nitrogen and oxygen atoms in total. The van der Waals surface area contributed by atoms with Gasteiger partial charge in [0, 0.05) is 33.9 Å². The number of benzene rings is 2. The topological polar surface area (TPSA) is 49.4 Å². The summed E-state index contributed by atoms with van der Waals surface area (Å²) in [5, 5.41) is 4.25. The molecule has 0 radical (unpaired) electrons. The number of amides is 2. The molecule has 1 unspecified atom stereocenters. The molecule has 0 saturated carbocycles. The Morgan fingerprint density at radius 1 is 0.967 bits per heavy atom. The number of rotatable bonds is 10. The predicted molar refractivity (Wildman–Crippen MR) is 126 cm³/mol. The first-order valence-electron chi connectivity index (χ1n) is 9.99. The maximum absolute atomic E-state index is 13.0. The molecule has 0 spiro atoms. The Labute approximate surface area is 193 Å². The maximum Gasteiger partial charge on any atom is 0.242 e. The summed E-state index contributed by atoms with van der Waals surface area (Å²) in [6, 6.07) is 14.5. The van der Waals surface area contributed by atoms with Crippen LogP contribution >= 0.6 is 35.0 Å². The van der Waals surface area contributed by atoms with Crippen LogP contribution in [0.15, 0.2) is 53.4 Å². The number of hydrogen-bond acceptors (Lipinski definition) is 3. The molecule has 2 aromatic carbocycles. The molecule has 0 aliphatic rings. The standard InChI is InChI=1S/C23H28Cl2N2O2S/c1-16(2)26-23(29)17(3)27(15-18-6-8-19(24)9-7-18)22(28)5-4-14-30-21-12-10-20(25)11-13-21/h6-13,16-17H,4-5,14-15H2,1-3H3,(H,26,29). The highest BCUT2D eigenvalue weighted by atomic mass is 35.5. The first kappa shape index (κ1) is 24.6. The van der Waals surface area contributed by atoms with E-state index in [1.807, 2.05) is 50.2 Å². The van der Waals surface area contributed by atoms with Gasteiger partial charge in [0.1, 0.15) is 6.04 Å². The van der Waals surface area contributed by atoms with Gasteiger partial charge in [0.2, 0.25) is 11.8 Å². The van der Waals surface area contributed by atoms with E-state index in [1.54, 1.807) is 35.7 Å². The molecule has 0 aliphatic heterocycles. The minimum atomic E-state index is -0.556. The second-order valence-corrected chi connectivity index (χ2v) is 9.43. The zero-order chi connectivity index (χ0) is 22.1. The first-order chi connectivity index (χ1) is 14.3. The van der Waals surface area contributed by atoms with Crippen LogP contribution in [0.1, 0.15) is 39.2 Å². The molecule has 2 amide bonds. The Hall–Kier alpha value is -1.69. The van der Waals surface area contributed by atoms with Gasteiger partial charge in [0.15, 0.2) is 0 Å². The summed E-state index contributed by atoms with van der Waals surface area (Å²) in [7, 11) is 0. The van der Waals surface area contributed by atoms with E-state index in [9.17, 15) is 9.59 Å². The Balaban J connectivity index is 1.98. The smallest absolute Gasteiger partial charge is 0.242 e. The minimum Gasteiger partial charge on any atom is -0.352 e. The fourth-order valence-electron chi connectivity index (χ4n) is 2.86. The number of hydrogen-bond donors (Lipinski definition) is 1. The van der Waals surface area contributed by atoms with Crippen molar-refractivity contribution in [3.05, 3.63) is 64.1 Å². The summed E-state index contributed by atoms with van der Waals surface area (Å²) in [5.74, 6) is 0.630. The number of thioether (sulfide) groups is 1. The number of nitrogens with one attached hydrogen (secondary N) is 1. The first-order valence-corrected chi connectivity index (χ1v) is 11.7. The van der Waals surface area contributed by atoms with E-state index in [0.717, 1.165) is 22.6 Å². The van der Waals surface area contributed by atoms with Crippen LogP contribution < -0.4 is 5.32 Å². The van der Waals surface area contributed by atoms with Crippen LogP contribution in [0.25, 0.3) is 0 Å². The lowest BCUT2D eigenvalue weighted by atomic mass is 10.1. The van der Waals surface area contributed by atoms with Crippen LogP contribution in [0.3, 0.4) is 0 Å². The molecular weight excluding hydrogens is 439 g/mol. The van der Waals surface area contributed by atoms with Crippen LogP contribution in [0, 0.1) is 0 Å². The second kappa shape index (κ2) is 12.2. The Morgan fingerprint density at radius 3 is 2.10 bits per heavy atom. The van der Waals surface area contributed by atoms with Gasteiger partial charge in [-0.2, -0.15) is 0 Å². The molecule has 0 saturated heterocycles. The van der Waals surface area contributed by atoms with E-state index < -0.39 is 6.04 Å². The zero-order valence-corrected chi connectivity index (χ0v) is 19.9. The van der Waals surface area contributed by atoms with Crippen molar-refractivity contribution in [2.24, 2.45) is 0 Å². The van der Waals surface area contributed by atoms with Gasteiger partial charge < -0.3 is 10.2 Å². The van der Waals surface area contributed by atoms with Crippen molar-refractivity contribution in [3.8, 4) is 0 Å². The molecule has 0 fully saturated rings. The summed E-state index contributed by atoms with van der Waals surface area (Å²) in [5.41, 5.74) is 0.937. The molecule has 1 N–H and O–H groups in total. The highest BCUT2D eigenvalue weighted by Gasteiger charge is 2.26. The largest absolute Gasteiger partial charge is 0.352 e. The molecule has 0 bridgehead atoms. The number of halogens is 2. The molecule has 30 heavy (non-hydrogen) atoms. The molecule has 1 atom stereocenters. The van der Waals surface area contributed by atoms with E-state index in [-0.39, 0.29) is 17.9 Å². The van der Waals surface area contributed by atoms with Gasteiger partial charge in [-0.1, -0.05) is 35.3 Å². The van der Waals surface area contributed by atoms with Gasteiger partial charge in [0.05, 0.1) is 0 Å². The van der Waals surface area contributed by atoms with Crippen LogP contribution in [0.2, 0.25) is 10.0 Å². The lowest BCUT2D eigenvalue weighted by Gasteiger charge is -2.29. The van der Waals surface area contributed by atoms with Gasteiger partial charge in [-0.3, -0.25) is 9.59 Å². The molecule has 7 heteroatoms.